The first kappa shape index (κ1) is 17.4. The lowest BCUT2D eigenvalue weighted by atomic mass is 10.1. The largest absolute Gasteiger partial charge is 0.507 e. The minimum atomic E-state index is -0.473. The van der Waals surface area contributed by atoms with E-state index in [1.54, 1.807) is 60.0 Å². The van der Waals surface area contributed by atoms with E-state index in [4.69, 9.17) is 0 Å². The average molecular weight is 365 g/mol. The third kappa shape index (κ3) is 4.14. The molecule has 0 aliphatic rings. The van der Waals surface area contributed by atoms with Gasteiger partial charge in [0.25, 0.3) is 11.8 Å². The maximum absolute atomic E-state index is 12.4. The molecule has 0 saturated carbocycles. The number of hydrogen-bond acceptors (Lipinski definition) is 5. The van der Waals surface area contributed by atoms with Gasteiger partial charge in [0, 0.05) is 5.56 Å². The number of hydrazone groups is 1. The number of nitrogens with zero attached hydrogens (tertiary/aromatic N) is 1. The summed E-state index contributed by atoms with van der Waals surface area (Å²) < 4.78 is 0. The molecule has 26 heavy (non-hydrogen) atoms. The molecule has 3 N–H and O–H groups in total. The number of para-hydroxylation sites is 2. The number of aromatic hydroxyl groups is 1. The Morgan fingerprint density at radius 3 is 2.50 bits per heavy atom. The fourth-order valence-electron chi connectivity index (χ4n) is 2.20. The zero-order chi connectivity index (χ0) is 18.4. The van der Waals surface area contributed by atoms with Crippen molar-refractivity contribution in [2.45, 2.75) is 0 Å². The summed E-state index contributed by atoms with van der Waals surface area (Å²) in [5.41, 5.74) is 3.55. The number of carbonyl (C=O) groups excluding carboxylic acids is 2. The molecule has 3 aromatic rings. The van der Waals surface area contributed by atoms with Gasteiger partial charge in [-0.15, -0.1) is 11.3 Å². The first-order valence-electron chi connectivity index (χ1n) is 7.70. The Morgan fingerprint density at radius 1 is 0.962 bits per heavy atom. The molecule has 7 heteroatoms. The fraction of sp³-hybridized carbons (Fsp3) is 0. The van der Waals surface area contributed by atoms with Crippen molar-refractivity contribution in [1.29, 1.82) is 0 Å². The molecule has 0 bridgehead atoms. The quantitative estimate of drug-likeness (QED) is 0.478. The lowest BCUT2D eigenvalue weighted by Gasteiger charge is -2.09. The van der Waals surface area contributed by atoms with Crippen molar-refractivity contribution in [3.05, 3.63) is 82.0 Å². The molecule has 0 radical (unpaired) electrons. The van der Waals surface area contributed by atoms with E-state index in [1.165, 1.54) is 23.6 Å². The van der Waals surface area contributed by atoms with E-state index in [1.807, 2.05) is 0 Å². The molecule has 6 nitrogen and oxygen atoms in total. The Balaban J connectivity index is 1.72. The van der Waals surface area contributed by atoms with Gasteiger partial charge in [-0.3, -0.25) is 9.59 Å². The number of nitrogens with one attached hydrogen (secondary N) is 2. The highest BCUT2D eigenvalue weighted by Crippen LogP contribution is 2.18. The van der Waals surface area contributed by atoms with Crippen LogP contribution in [0.2, 0.25) is 0 Å². The van der Waals surface area contributed by atoms with E-state index in [9.17, 15) is 14.7 Å². The Kier molecular flexibility index (Phi) is 5.40. The van der Waals surface area contributed by atoms with Crippen LogP contribution in [0.3, 0.4) is 0 Å². The van der Waals surface area contributed by atoms with Crippen LogP contribution >= 0.6 is 11.3 Å². The third-order valence-corrected chi connectivity index (χ3v) is 4.34. The summed E-state index contributed by atoms with van der Waals surface area (Å²) in [6.45, 7) is 0. The van der Waals surface area contributed by atoms with Crippen LogP contribution in [0.5, 0.6) is 5.75 Å². The molecule has 0 fully saturated rings. The molecule has 3 rings (SSSR count). The molecular formula is C19H15N3O3S. The van der Waals surface area contributed by atoms with Crippen LogP contribution in [0.1, 0.15) is 25.6 Å². The van der Waals surface area contributed by atoms with E-state index >= 15 is 0 Å². The highest BCUT2D eigenvalue weighted by Gasteiger charge is 2.14. The third-order valence-electron chi connectivity index (χ3n) is 3.47. The molecule has 0 saturated heterocycles. The van der Waals surface area contributed by atoms with E-state index in [-0.39, 0.29) is 17.2 Å². The summed E-state index contributed by atoms with van der Waals surface area (Å²) in [5.74, 6) is -0.689. The monoisotopic (exact) mass is 365 g/mol. The molecule has 0 aliphatic heterocycles. The molecule has 2 amide bonds. The number of phenolic OH excluding ortho intramolecular Hbond substituents is 1. The van der Waals surface area contributed by atoms with Gasteiger partial charge >= 0.3 is 0 Å². The molecule has 1 aromatic heterocycles. The number of benzene rings is 2. The van der Waals surface area contributed by atoms with Gasteiger partial charge in [0.05, 0.1) is 22.3 Å². The number of thiophene rings is 1. The van der Waals surface area contributed by atoms with Crippen molar-refractivity contribution in [2.24, 2.45) is 5.10 Å². The van der Waals surface area contributed by atoms with Gasteiger partial charge in [0.15, 0.2) is 0 Å². The molecule has 0 aliphatic carbocycles. The number of rotatable bonds is 5. The number of hydrogen-bond donors (Lipinski definition) is 3. The number of phenols is 1. The summed E-state index contributed by atoms with van der Waals surface area (Å²) in [4.78, 5) is 25.1. The number of anilines is 1. The fourth-order valence-corrected chi connectivity index (χ4v) is 2.82. The van der Waals surface area contributed by atoms with Crippen LogP contribution < -0.4 is 10.7 Å². The normalized spacial score (nSPS) is 10.6. The van der Waals surface area contributed by atoms with Crippen molar-refractivity contribution < 1.29 is 14.7 Å². The molecule has 2 aromatic carbocycles. The maximum atomic E-state index is 12.4. The highest BCUT2D eigenvalue weighted by molar-refractivity contribution is 7.12. The SMILES string of the molecule is O=C(Nc1ccccc1C(=O)N/N=C\c1ccccc1O)c1cccs1. The van der Waals surface area contributed by atoms with Crippen LogP contribution in [0.15, 0.2) is 71.1 Å². The van der Waals surface area contributed by atoms with Crippen molar-refractivity contribution in [1.82, 2.24) is 5.43 Å². The van der Waals surface area contributed by atoms with Gasteiger partial charge in [-0.25, -0.2) is 5.43 Å². The molecule has 1 heterocycles. The minimum absolute atomic E-state index is 0.0640. The van der Waals surface area contributed by atoms with E-state index in [2.05, 4.69) is 15.8 Å². The van der Waals surface area contributed by atoms with Gasteiger partial charge in [0.1, 0.15) is 5.75 Å². The average Bonchev–Trinajstić information content (AvgIpc) is 3.18. The highest BCUT2D eigenvalue weighted by atomic mass is 32.1. The van der Waals surface area contributed by atoms with Crippen LogP contribution in [0.4, 0.5) is 5.69 Å². The van der Waals surface area contributed by atoms with Crippen LogP contribution in [-0.2, 0) is 0 Å². The van der Waals surface area contributed by atoms with Gasteiger partial charge in [-0.05, 0) is 35.7 Å². The second-order valence-electron chi connectivity index (χ2n) is 5.23. The second-order valence-corrected chi connectivity index (χ2v) is 6.18. The smallest absolute Gasteiger partial charge is 0.273 e. The standard InChI is InChI=1S/C19H15N3O3S/c23-16-9-4-1-6-13(16)12-20-22-18(24)14-7-2-3-8-15(14)21-19(25)17-10-5-11-26-17/h1-12,23H,(H,21,25)(H,22,24)/b20-12-. The van der Waals surface area contributed by atoms with Crippen molar-refractivity contribution in [3.63, 3.8) is 0 Å². The summed E-state index contributed by atoms with van der Waals surface area (Å²) in [7, 11) is 0. The first-order valence-corrected chi connectivity index (χ1v) is 8.58. The van der Waals surface area contributed by atoms with Crippen molar-refractivity contribution >= 4 is 35.1 Å². The zero-order valence-electron chi connectivity index (χ0n) is 13.5. The topological polar surface area (TPSA) is 90.8 Å². The van der Waals surface area contributed by atoms with E-state index < -0.39 is 5.91 Å². The Morgan fingerprint density at radius 2 is 1.73 bits per heavy atom. The number of carbonyl (C=O) groups is 2. The summed E-state index contributed by atoms with van der Waals surface area (Å²) >= 11 is 1.32. The van der Waals surface area contributed by atoms with Crippen LogP contribution in [-0.4, -0.2) is 23.1 Å². The molecule has 0 spiro atoms. The van der Waals surface area contributed by atoms with Gasteiger partial charge in [-0.2, -0.15) is 5.10 Å². The van der Waals surface area contributed by atoms with Crippen molar-refractivity contribution in [2.75, 3.05) is 5.32 Å². The lowest BCUT2D eigenvalue weighted by molar-refractivity contribution is 0.0956. The predicted molar refractivity (Wildman–Crippen MR) is 102 cm³/mol. The first-order chi connectivity index (χ1) is 12.6. The molecule has 130 valence electrons. The summed E-state index contributed by atoms with van der Waals surface area (Å²) in [6, 6.07) is 16.8. The van der Waals surface area contributed by atoms with Crippen LogP contribution in [0, 0.1) is 0 Å². The Hall–Kier alpha value is -3.45. The minimum Gasteiger partial charge on any atom is -0.507 e. The van der Waals surface area contributed by atoms with Gasteiger partial charge in [-0.1, -0.05) is 30.3 Å². The van der Waals surface area contributed by atoms with Crippen LogP contribution in [0.25, 0.3) is 0 Å². The van der Waals surface area contributed by atoms with Crippen molar-refractivity contribution in [3.8, 4) is 5.75 Å². The van der Waals surface area contributed by atoms with Gasteiger partial charge < -0.3 is 10.4 Å². The lowest BCUT2D eigenvalue weighted by Crippen LogP contribution is -2.21. The number of amides is 2. The zero-order valence-corrected chi connectivity index (χ0v) is 14.4. The Labute approximate surface area is 153 Å². The van der Waals surface area contributed by atoms with E-state index in [0.29, 0.717) is 16.1 Å². The Bertz CT molecular complexity index is 952. The summed E-state index contributed by atoms with van der Waals surface area (Å²) in [6.07, 6.45) is 1.35. The van der Waals surface area contributed by atoms with Gasteiger partial charge in [0.2, 0.25) is 0 Å². The van der Waals surface area contributed by atoms with E-state index in [0.717, 1.165) is 0 Å². The molecule has 0 atom stereocenters. The second kappa shape index (κ2) is 8.09. The molecular weight excluding hydrogens is 350 g/mol. The summed E-state index contributed by atoms with van der Waals surface area (Å²) in [5, 5.41) is 18.1. The molecule has 0 unspecified atom stereocenters. The predicted octanol–water partition coefficient (Wildman–Crippen LogP) is 3.47. The maximum Gasteiger partial charge on any atom is 0.273 e.